The predicted molar refractivity (Wildman–Crippen MR) is 105 cm³/mol. The fraction of sp³-hybridized carbons (Fsp3) is 0.250. The number of hydrogen-bond donors (Lipinski definition) is 1. The van der Waals surface area contributed by atoms with Crippen molar-refractivity contribution in [3.05, 3.63) is 53.6 Å². The van der Waals surface area contributed by atoms with Crippen LogP contribution in [0.2, 0.25) is 5.02 Å². The Morgan fingerprint density at radius 3 is 2.36 bits per heavy atom. The highest BCUT2D eigenvalue weighted by molar-refractivity contribution is 6.32. The summed E-state index contributed by atoms with van der Waals surface area (Å²) in [6.07, 6.45) is 0. The van der Waals surface area contributed by atoms with Gasteiger partial charge in [0.25, 0.3) is 5.91 Å². The monoisotopic (exact) mass is 404 g/mol. The first-order valence-corrected chi connectivity index (χ1v) is 8.85. The van der Waals surface area contributed by atoms with Crippen LogP contribution in [0.15, 0.2) is 48.5 Å². The maximum Gasteiger partial charge on any atom is 0.344 e. The molecule has 8 heteroatoms. The molecule has 1 N–H and O–H groups in total. The van der Waals surface area contributed by atoms with Gasteiger partial charge < -0.3 is 19.7 Å². The van der Waals surface area contributed by atoms with Crippen molar-refractivity contribution in [2.24, 2.45) is 0 Å². The lowest BCUT2D eigenvalue weighted by molar-refractivity contribution is -0.150. The van der Waals surface area contributed by atoms with Gasteiger partial charge in [-0.05, 0) is 23.3 Å². The average molecular weight is 405 g/mol. The highest BCUT2D eigenvalue weighted by Crippen LogP contribution is 2.30. The maximum absolute atomic E-state index is 11.7. The summed E-state index contributed by atoms with van der Waals surface area (Å²) in [5.41, 5.74) is 1.93. The van der Waals surface area contributed by atoms with E-state index in [2.05, 4.69) is 5.32 Å². The standard InChI is InChI=1S/C20H21ClN2O5/c1-23(2)19(25)11-22-18(24)12-28-20(26)13-27-17-9-8-15(10-16(17)21)14-6-4-3-5-7-14/h3-10H,11-13H2,1-2H3,(H,22,24). The zero-order valence-corrected chi connectivity index (χ0v) is 16.4. The summed E-state index contributed by atoms with van der Waals surface area (Å²) in [6, 6.07) is 14.9. The summed E-state index contributed by atoms with van der Waals surface area (Å²) < 4.78 is 10.2. The van der Waals surface area contributed by atoms with E-state index in [9.17, 15) is 14.4 Å². The molecule has 0 aliphatic rings. The van der Waals surface area contributed by atoms with Crippen molar-refractivity contribution in [3.8, 4) is 16.9 Å². The Morgan fingerprint density at radius 2 is 1.71 bits per heavy atom. The molecule has 2 amide bonds. The number of rotatable bonds is 8. The Bertz CT molecular complexity index is 840. The summed E-state index contributed by atoms with van der Waals surface area (Å²) in [5, 5.41) is 2.71. The molecule has 28 heavy (non-hydrogen) atoms. The largest absolute Gasteiger partial charge is 0.480 e. The SMILES string of the molecule is CN(C)C(=O)CNC(=O)COC(=O)COc1ccc(-c2ccccc2)cc1Cl. The quantitative estimate of drug-likeness (QED) is 0.681. The number of hydrogen-bond acceptors (Lipinski definition) is 5. The fourth-order valence-electron chi connectivity index (χ4n) is 2.14. The van der Waals surface area contributed by atoms with E-state index in [-0.39, 0.29) is 12.5 Å². The summed E-state index contributed by atoms with van der Waals surface area (Å²) in [4.78, 5) is 36.0. The minimum Gasteiger partial charge on any atom is -0.480 e. The molecule has 0 saturated carbocycles. The topological polar surface area (TPSA) is 84.9 Å². The van der Waals surface area contributed by atoms with Crippen LogP contribution in [0.3, 0.4) is 0 Å². The number of esters is 1. The molecule has 0 radical (unpaired) electrons. The highest BCUT2D eigenvalue weighted by Gasteiger charge is 2.12. The zero-order chi connectivity index (χ0) is 20.5. The van der Waals surface area contributed by atoms with Gasteiger partial charge in [-0.2, -0.15) is 0 Å². The molecule has 0 atom stereocenters. The first-order chi connectivity index (χ1) is 13.4. The molecular formula is C20H21ClN2O5. The van der Waals surface area contributed by atoms with Gasteiger partial charge in [-0.25, -0.2) is 4.79 Å². The Morgan fingerprint density at radius 1 is 1.00 bits per heavy atom. The summed E-state index contributed by atoms with van der Waals surface area (Å²) >= 11 is 6.21. The summed E-state index contributed by atoms with van der Waals surface area (Å²) in [5.74, 6) is -1.23. The van der Waals surface area contributed by atoms with Gasteiger partial charge in [-0.3, -0.25) is 9.59 Å². The van der Waals surface area contributed by atoms with Crippen molar-refractivity contribution in [2.45, 2.75) is 0 Å². The minimum atomic E-state index is -0.725. The van der Waals surface area contributed by atoms with E-state index in [1.807, 2.05) is 36.4 Å². The molecule has 2 aromatic carbocycles. The molecule has 0 aliphatic heterocycles. The van der Waals surface area contributed by atoms with Gasteiger partial charge in [-0.15, -0.1) is 0 Å². The highest BCUT2D eigenvalue weighted by atomic mass is 35.5. The van der Waals surface area contributed by atoms with Crippen LogP contribution in [0.25, 0.3) is 11.1 Å². The van der Waals surface area contributed by atoms with Crippen LogP contribution in [0.4, 0.5) is 0 Å². The molecule has 2 rings (SSSR count). The number of amides is 2. The van der Waals surface area contributed by atoms with Gasteiger partial charge >= 0.3 is 5.97 Å². The minimum absolute atomic E-state index is 0.163. The Balaban J connectivity index is 1.78. The number of nitrogens with one attached hydrogen (secondary N) is 1. The molecule has 148 valence electrons. The molecule has 2 aromatic rings. The molecule has 0 unspecified atom stereocenters. The first kappa shape index (κ1) is 21.2. The Hall–Kier alpha value is -3.06. The number of ether oxygens (including phenoxy) is 2. The van der Waals surface area contributed by atoms with E-state index in [1.165, 1.54) is 4.90 Å². The average Bonchev–Trinajstić information content (AvgIpc) is 2.69. The lowest BCUT2D eigenvalue weighted by Gasteiger charge is -2.11. The zero-order valence-electron chi connectivity index (χ0n) is 15.6. The van der Waals surface area contributed by atoms with Crippen molar-refractivity contribution in [1.29, 1.82) is 0 Å². The van der Waals surface area contributed by atoms with Crippen molar-refractivity contribution in [1.82, 2.24) is 10.2 Å². The Kier molecular flexibility index (Phi) is 7.83. The van der Waals surface area contributed by atoms with E-state index >= 15 is 0 Å². The van der Waals surface area contributed by atoms with E-state index in [0.29, 0.717) is 10.8 Å². The first-order valence-electron chi connectivity index (χ1n) is 8.47. The third kappa shape index (κ3) is 6.59. The van der Waals surface area contributed by atoms with Crippen LogP contribution in [0, 0.1) is 0 Å². The Labute approximate surface area is 168 Å². The van der Waals surface area contributed by atoms with Gasteiger partial charge in [0, 0.05) is 14.1 Å². The second-order valence-corrected chi connectivity index (χ2v) is 6.43. The van der Waals surface area contributed by atoms with E-state index < -0.39 is 25.1 Å². The van der Waals surface area contributed by atoms with Crippen LogP contribution >= 0.6 is 11.6 Å². The number of likely N-dealkylation sites (N-methyl/N-ethyl adjacent to an activating group) is 1. The van der Waals surface area contributed by atoms with Crippen LogP contribution < -0.4 is 10.1 Å². The van der Waals surface area contributed by atoms with Crippen molar-refractivity contribution in [2.75, 3.05) is 33.9 Å². The molecule has 0 spiro atoms. The smallest absolute Gasteiger partial charge is 0.344 e. The predicted octanol–water partition coefficient (Wildman–Crippen LogP) is 2.13. The third-order valence-corrected chi connectivity index (χ3v) is 3.98. The van der Waals surface area contributed by atoms with Gasteiger partial charge in [0.15, 0.2) is 13.2 Å². The molecular weight excluding hydrogens is 384 g/mol. The van der Waals surface area contributed by atoms with Crippen molar-refractivity contribution >= 4 is 29.4 Å². The number of halogens is 1. The van der Waals surface area contributed by atoms with Crippen molar-refractivity contribution < 1.29 is 23.9 Å². The van der Waals surface area contributed by atoms with Gasteiger partial charge in [0.1, 0.15) is 5.75 Å². The van der Waals surface area contributed by atoms with Gasteiger partial charge in [-0.1, -0.05) is 48.0 Å². The number of carbonyl (C=O) groups excluding carboxylic acids is 3. The second kappa shape index (κ2) is 10.3. The molecule has 0 heterocycles. The van der Waals surface area contributed by atoms with E-state index in [1.54, 1.807) is 26.2 Å². The molecule has 0 fully saturated rings. The summed E-state index contributed by atoms with van der Waals surface area (Å²) in [7, 11) is 3.15. The molecule has 0 aromatic heterocycles. The molecule has 0 bridgehead atoms. The molecule has 0 saturated heterocycles. The number of carbonyl (C=O) groups is 3. The van der Waals surface area contributed by atoms with Crippen LogP contribution in [-0.4, -0.2) is 56.5 Å². The van der Waals surface area contributed by atoms with E-state index in [0.717, 1.165) is 11.1 Å². The third-order valence-electron chi connectivity index (χ3n) is 3.68. The second-order valence-electron chi connectivity index (χ2n) is 6.03. The normalized spacial score (nSPS) is 10.1. The maximum atomic E-state index is 11.7. The molecule has 7 nitrogen and oxygen atoms in total. The van der Waals surface area contributed by atoms with Crippen LogP contribution in [0.1, 0.15) is 0 Å². The number of nitrogens with zero attached hydrogens (tertiary/aromatic N) is 1. The van der Waals surface area contributed by atoms with Crippen LogP contribution in [0.5, 0.6) is 5.75 Å². The van der Waals surface area contributed by atoms with Gasteiger partial charge in [0.05, 0.1) is 11.6 Å². The van der Waals surface area contributed by atoms with Crippen molar-refractivity contribution in [3.63, 3.8) is 0 Å². The summed E-state index contributed by atoms with van der Waals surface area (Å²) in [6.45, 7) is -1.05. The van der Waals surface area contributed by atoms with E-state index in [4.69, 9.17) is 21.1 Å². The molecule has 0 aliphatic carbocycles. The fourth-order valence-corrected chi connectivity index (χ4v) is 2.37. The van der Waals surface area contributed by atoms with Gasteiger partial charge in [0.2, 0.25) is 5.91 Å². The lowest BCUT2D eigenvalue weighted by atomic mass is 10.1. The number of benzene rings is 2. The lowest BCUT2D eigenvalue weighted by Crippen LogP contribution is -2.38. The van der Waals surface area contributed by atoms with Crippen LogP contribution in [-0.2, 0) is 19.1 Å².